The van der Waals surface area contributed by atoms with Crippen molar-refractivity contribution < 1.29 is 19.0 Å². The molecule has 4 rings (SSSR count). The second-order valence-corrected chi connectivity index (χ2v) is 7.60. The van der Waals surface area contributed by atoms with Gasteiger partial charge in [0.2, 0.25) is 0 Å². The van der Waals surface area contributed by atoms with Gasteiger partial charge in [0.1, 0.15) is 23.0 Å². The Morgan fingerprint density at radius 2 is 2.19 bits per heavy atom. The summed E-state index contributed by atoms with van der Waals surface area (Å²) in [7, 11) is 0. The van der Waals surface area contributed by atoms with E-state index in [-0.39, 0.29) is 30.4 Å². The van der Waals surface area contributed by atoms with Crippen LogP contribution in [0.5, 0.6) is 5.75 Å². The number of rotatable bonds is 5. The summed E-state index contributed by atoms with van der Waals surface area (Å²) in [6, 6.07) is 3.25. The van der Waals surface area contributed by atoms with Crippen molar-refractivity contribution in [3.63, 3.8) is 0 Å². The number of thiazole rings is 1. The van der Waals surface area contributed by atoms with Crippen LogP contribution in [0, 0.1) is 13.8 Å². The molecule has 4 atom stereocenters. The number of hydrogen-bond acceptors (Lipinski definition) is 7. The highest BCUT2D eigenvalue weighted by Gasteiger charge is 2.49. The molecule has 9 heteroatoms. The fraction of sp³-hybridized carbons (Fsp3) is 0.500. The Labute approximate surface area is 161 Å². The van der Waals surface area contributed by atoms with Crippen LogP contribution in [-0.2, 0) is 16.0 Å². The first-order chi connectivity index (χ1) is 13.1. The van der Waals surface area contributed by atoms with Gasteiger partial charge in [-0.3, -0.25) is 4.98 Å². The van der Waals surface area contributed by atoms with Crippen LogP contribution >= 0.6 is 11.3 Å². The number of urea groups is 1. The lowest BCUT2D eigenvalue weighted by atomic mass is 10.1. The molecule has 0 bridgehead atoms. The Kier molecular flexibility index (Phi) is 5.24. The second kappa shape index (κ2) is 7.79. The van der Waals surface area contributed by atoms with Gasteiger partial charge in [-0.25, -0.2) is 9.78 Å². The van der Waals surface area contributed by atoms with E-state index in [0.29, 0.717) is 19.8 Å². The number of fused-ring (bicyclic) bond motifs is 1. The van der Waals surface area contributed by atoms with E-state index in [4.69, 9.17) is 14.2 Å². The molecule has 0 unspecified atom stereocenters. The summed E-state index contributed by atoms with van der Waals surface area (Å²) in [5.41, 5.74) is 1.78. The van der Waals surface area contributed by atoms with Gasteiger partial charge in [-0.15, -0.1) is 11.3 Å². The van der Waals surface area contributed by atoms with Crippen molar-refractivity contribution in [3.05, 3.63) is 40.1 Å². The van der Waals surface area contributed by atoms with E-state index >= 15 is 0 Å². The second-order valence-electron chi connectivity index (χ2n) is 6.66. The van der Waals surface area contributed by atoms with Gasteiger partial charge in [-0.05, 0) is 26.0 Å². The van der Waals surface area contributed by atoms with E-state index in [1.165, 1.54) is 11.3 Å². The number of carbonyl (C=O) groups excluding carboxylic acids is 1. The van der Waals surface area contributed by atoms with Crippen molar-refractivity contribution in [1.82, 2.24) is 20.6 Å². The van der Waals surface area contributed by atoms with Crippen LogP contribution in [0.15, 0.2) is 23.7 Å². The largest absolute Gasteiger partial charge is 0.483 e. The first-order valence-electron chi connectivity index (χ1n) is 8.87. The number of amides is 2. The monoisotopic (exact) mass is 390 g/mol. The maximum absolute atomic E-state index is 12.2. The summed E-state index contributed by atoms with van der Waals surface area (Å²) in [4.78, 5) is 20.8. The normalized spacial score (nSPS) is 26.6. The van der Waals surface area contributed by atoms with Gasteiger partial charge in [0.25, 0.3) is 0 Å². The molecule has 0 aliphatic carbocycles. The van der Waals surface area contributed by atoms with Crippen molar-refractivity contribution in [2.24, 2.45) is 0 Å². The number of hydrogen-bond donors (Lipinski definition) is 2. The molecule has 2 aromatic rings. The standard InChI is InChI=1S/C18H22N4O4S/c1-10-9-27-15(21-10)6-20-18(23)22-12-7-24-17-14(8-25-16(12)17)26-13-4-3-5-19-11(13)2/h3-5,9,12,14,16-17H,6-8H2,1-2H3,(H2,20,22,23)/t12-,14-,16+,17+/m0/s1. The molecular weight excluding hydrogens is 368 g/mol. The number of aryl methyl sites for hydroxylation is 2. The molecule has 2 aromatic heterocycles. The molecule has 8 nitrogen and oxygen atoms in total. The molecule has 2 saturated heterocycles. The third kappa shape index (κ3) is 4.05. The van der Waals surface area contributed by atoms with Gasteiger partial charge < -0.3 is 24.8 Å². The molecule has 4 heterocycles. The molecule has 2 aliphatic rings. The predicted molar refractivity (Wildman–Crippen MR) is 98.9 cm³/mol. The summed E-state index contributed by atoms with van der Waals surface area (Å²) in [6.07, 6.45) is 1.08. The maximum Gasteiger partial charge on any atom is 0.315 e. The van der Waals surface area contributed by atoms with E-state index in [9.17, 15) is 4.79 Å². The van der Waals surface area contributed by atoms with Crippen molar-refractivity contribution in [3.8, 4) is 5.75 Å². The SMILES string of the molecule is Cc1csc(CNC(=O)N[C@H]2CO[C@H]3[C@@H]2OC[C@@H]3Oc2cccnc2C)n1. The van der Waals surface area contributed by atoms with Crippen LogP contribution < -0.4 is 15.4 Å². The average molecular weight is 390 g/mol. The molecule has 144 valence electrons. The van der Waals surface area contributed by atoms with Crippen molar-refractivity contribution in [2.75, 3.05) is 13.2 Å². The summed E-state index contributed by atoms with van der Waals surface area (Å²) >= 11 is 1.53. The molecule has 2 amide bonds. The summed E-state index contributed by atoms with van der Waals surface area (Å²) in [5, 5.41) is 8.59. The number of ether oxygens (including phenoxy) is 3. The van der Waals surface area contributed by atoms with Crippen molar-refractivity contribution >= 4 is 17.4 Å². The molecule has 0 aromatic carbocycles. The van der Waals surface area contributed by atoms with Crippen LogP contribution in [0.2, 0.25) is 0 Å². The molecule has 0 spiro atoms. The van der Waals surface area contributed by atoms with Crippen molar-refractivity contribution in [2.45, 2.75) is 44.7 Å². The van der Waals surface area contributed by atoms with Gasteiger partial charge >= 0.3 is 6.03 Å². The summed E-state index contributed by atoms with van der Waals surface area (Å²) in [6.45, 7) is 5.04. The van der Waals surface area contributed by atoms with Gasteiger partial charge in [0.05, 0.1) is 31.5 Å². The molecule has 2 aliphatic heterocycles. The average Bonchev–Trinajstić information content (AvgIpc) is 3.34. The quantitative estimate of drug-likeness (QED) is 0.805. The minimum atomic E-state index is -0.256. The summed E-state index contributed by atoms with van der Waals surface area (Å²) < 4.78 is 17.7. The third-order valence-electron chi connectivity index (χ3n) is 4.63. The molecular formula is C18H22N4O4S. The van der Waals surface area contributed by atoms with E-state index < -0.39 is 0 Å². The van der Waals surface area contributed by atoms with Gasteiger partial charge in [0, 0.05) is 17.3 Å². The molecule has 0 saturated carbocycles. The number of aromatic nitrogens is 2. The van der Waals surface area contributed by atoms with Crippen molar-refractivity contribution in [1.29, 1.82) is 0 Å². The lowest BCUT2D eigenvalue weighted by Crippen LogP contribution is -2.48. The summed E-state index contributed by atoms with van der Waals surface area (Å²) in [5.74, 6) is 0.725. The van der Waals surface area contributed by atoms with Crippen LogP contribution in [0.25, 0.3) is 0 Å². The molecule has 2 fully saturated rings. The predicted octanol–water partition coefficient (Wildman–Crippen LogP) is 1.57. The first-order valence-corrected chi connectivity index (χ1v) is 9.75. The van der Waals surface area contributed by atoms with Gasteiger partial charge in [0.15, 0.2) is 6.10 Å². The highest BCUT2D eigenvalue weighted by atomic mass is 32.1. The minimum absolute atomic E-state index is 0.211. The number of nitrogens with one attached hydrogen (secondary N) is 2. The van der Waals surface area contributed by atoms with E-state index in [1.807, 2.05) is 31.4 Å². The zero-order valence-corrected chi connectivity index (χ0v) is 16.0. The van der Waals surface area contributed by atoms with Crippen LogP contribution in [0.4, 0.5) is 4.79 Å². The van der Waals surface area contributed by atoms with E-state index in [2.05, 4.69) is 20.6 Å². The Balaban J connectivity index is 1.29. The Bertz CT molecular complexity index is 814. The van der Waals surface area contributed by atoms with Gasteiger partial charge in [-0.1, -0.05) is 0 Å². The molecule has 2 N–H and O–H groups in total. The van der Waals surface area contributed by atoms with E-state index in [0.717, 1.165) is 22.1 Å². The Morgan fingerprint density at radius 3 is 2.96 bits per heavy atom. The number of pyridine rings is 1. The Morgan fingerprint density at radius 1 is 1.33 bits per heavy atom. The zero-order chi connectivity index (χ0) is 18.8. The minimum Gasteiger partial charge on any atom is -0.483 e. The highest BCUT2D eigenvalue weighted by Crippen LogP contribution is 2.30. The maximum atomic E-state index is 12.2. The lowest BCUT2D eigenvalue weighted by Gasteiger charge is -2.19. The van der Waals surface area contributed by atoms with Crippen LogP contribution in [-0.4, -0.2) is 53.6 Å². The van der Waals surface area contributed by atoms with Crippen LogP contribution in [0.1, 0.15) is 16.4 Å². The zero-order valence-electron chi connectivity index (χ0n) is 15.2. The number of nitrogens with zero attached hydrogens (tertiary/aromatic N) is 2. The fourth-order valence-corrected chi connectivity index (χ4v) is 4.02. The van der Waals surface area contributed by atoms with Gasteiger partial charge in [-0.2, -0.15) is 0 Å². The smallest absolute Gasteiger partial charge is 0.315 e. The fourth-order valence-electron chi connectivity index (χ4n) is 3.31. The van der Waals surface area contributed by atoms with E-state index in [1.54, 1.807) is 6.20 Å². The third-order valence-corrected chi connectivity index (χ3v) is 5.59. The topological polar surface area (TPSA) is 94.6 Å². The first kappa shape index (κ1) is 18.1. The highest BCUT2D eigenvalue weighted by molar-refractivity contribution is 7.09. The Hall–Kier alpha value is -2.23. The lowest BCUT2D eigenvalue weighted by molar-refractivity contribution is 0.0299. The molecule has 27 heavy (non-hydrogen) atoms. The molecule has 0 radical (unpaired) electrons. The van der Waals surface area contributed by atoms with Crippen LogP contribution in [0.3, 0.4) is 0 Å². The number of carbonyl (C=O) groups is 1.